The molecule has 0 saturated carbocycles. The number of benzene rings is 4. The van der Waals surface area contributed by atoms with E-state index >= 15 is 0 Å². The number of allylic oxidation sites excluding steroid dienone is 1. The molecule has 64 heavy (non-hydrogen) atoms. The molecule has 11 nitrogen and oxygen atoms in total. The fraction of sp³-hybridized carbons (Fsp3) is 0.413. The molecule has 18 heteroatoms. The van der Waals surface area contributed by atoms with Crippen LogP contribution in [-0.4, -0.2) is 96.6 Å². The number of thioether (sulfide) groups is 1. The highest BCUT2D eigenvalue weighted by atomic mass is 35.5. The molecule has 0 spiro atoms. The molecule has 1 saturated heterocycles. The number of hydrogen-bond acceptors (Lipinski definition) is 11. The van der Waals surface area contributed by atoms with E-state index in [2.05, 4.69) is 46.8 Å². The van der Waals surface area contributed by atoms with Crippen LogP contribution in [0.3, 0.4) is 0 Å². The molecule has 1 aliphatic carbocycles. The van der Waals surface area contributed by atoms with Gasteiger partial charge in [0.05, 0.1) is 22.1 Å². The van der Waals surface area contributed by atoms with Gasteiger partial charge in [-0.1, -0.05) is 61.4 Å². The van der Waals surface area contributed by atoms with E-state index in [4.69, 9.17) is 27.9 Å². The Morgan fingerprint density at radius 2 is 1.67 bits per heavy atom. The first kappa shape index (κ1) is 49.7. The lowest BCUT2D eigenvalue weighted by Gasteiger charge is -2.34. The van der Waals surface area contributed by atoms with Crippen LogP contribution in [0.2, 0.25) is 5.02 Å². The van der Waals surface area contributed by atoms with Crippen molar-refractivity contribution >= 4 is 77.7 Å². The summed E-state index contributed by atoms with van der Waals surface area (Å²) in [5.41, 5.74) is 4.57. The second-order valence-electron chi connectivity index (χ2n) is 16.7. The second-order valence-corrected chi connectivity index (χ2v) is 22.6. The molecule has 0 radical (unpaired) electrons. The van der Waals surface area contributed by atoms with Crippen LogP contribution in [0.25, 0.3) is 5.57 Å². The smallest absolute Gasteiger partial charge is 0.384 e. The lowest BCUT2D eigenvalue weighted by atomic mass is 9.73. The number of nitrogens with zero attached hydrogens (tertiary/aromatic N) is 1. The maximum Gasteiger partial charge on any atom is 0.427 e. The van der Waals surface area contributed by atoms with Gasteiger partial charge in [0.2, 0.25) is 0 Å². The number of sulfone groups is 1. The standard InChI is InChI=1S/C46H55Cl2F2N5O6S3/c1-45(2)21-19-41(33-9-13-36(47)14-10-33)35(30-45)31-51-22-23-52-37-15-11-34(12-16-37)44(56)54-64(59,60)40-17-18-42(43(29-40)63(57,58)46(48,49)50)53-38(32-62-39-7-4-3-5-8-39)20-25-55-24-6-27-61-28-26-55/h3-5,7-18,29,38,51-53H,6,19-28,30-32H2,1-2H3,(H,54,56)/t38-/m1/s1. The van der Waals surface area contributed by atoms with Gasteiger partial charge in [-0.05, 0) is 127 Å². The van der Waals surface area contributed by atoms with Gasteiger partial charge in [0, 0.05) is 78.8 Å². The van der Waals surface area contributed by atoms with Gasteiger partial charge < -0.3 is 25.6 Å². The maximum atomic E-state index is 14.6. The summed E-state index contributed by atoms with van der Waals surface area (Å²) in [5.74, 6) is -0.574. The Morgan fingerprint density at radius 3 is 2.39 bits per heavy atom. The van der Waals surface area contributed by atoms with Crippen molar-refractivity contribution in [3.8, 4) is 0 Å². The van der Waals surface area contributed by atoms with E-state index in [1.165, 1.54) is 40.6 Å². The zero-order valence-electron chi connectivity index (χ0n) is 35.8. The Hall–Kier alpha value is -3.74. The van der Waals surface area contributed by atoms with Crippen LogP contribution in [0.1, 0.15) is 61.9 Å². The summed E-state index contributed by atoms with van der Waals surface area (Å²) in [5, 5.41) is 10.6. The lowest BCUT2D eigenvalue weighted by molar-refractivity contribution is 0.0981. The van der Waals surface area contributed by atoms with Crippen LogP contribution in [0.15, 0.2) is 117 Å². The molecule has 4 N–H and O–H groups in total. The van der Waals surface area contributed by atoms with Gasteiger partial charge >= 0.3 is 4.71 Å². The Kier molecular flexibility index (Phi) is 17.2. The van der Waals surface area contributed by atoms with Crippen LogP contribution in [0.5, 0.6) is 0 Å². The van der Waals surface area contributed by atoms with Gasteiger partial charge in [-0.2, -0.15) is 8.78 Å². The molecule has 1 heterocycles. The summed E-state index contributed by atoms with van der Waals surface area (Å²) >= 11 is 12.8. The summed E-state index contributed by atoms with van der Waals surface area (Å²) < 4.78 is 85.6. The molecule has 1 amide bonds. The highest BCUT2D eigenvalue weighted by Crippen LogP contribution is 2.42. The summed E-state index contributed by atoms with van der Waals surface area (Å²) in [6, 6.07) is 25.9. The van der Waals surface area contributed by atoms with Crippen LogP contribution in [0, 0.1) is 5.41 Å². The zero-order chi connectivity index (χ0) is 46.0. The summed E-state index contributed by atoms with van der Waals surface area (Å²) in [4.78, 5) is 14.7. The van der Waals surface area contributed by atoms with Gasteiger partial charge in [0.25, 0.3) is 25.8 Å². The van der Waals surface area contributed by atoms with Crippen molar-refractivity contribution in [1.29, 1.82) is 0 Å². The highest BCUT2D eigenvalue weighted by molar-refractivity contribution is 7.99. The molecule has 4 aromatic carbocycles. The number of ether oxygens (including phenoxy) is 1. The maximum absolute atomic E-state index is 14.6. The highest BCUT2D eigenvalue weighted by Gasteiger charge is 2.46. The fourth-order valence-electron chi connectivity index (χ4n) is 7.72. The first-order valence-corrected chi connectivity index (χ1v) is 25.9. The van der Waals surface area contributed by atoms with Gasteiger partial charge in [0.1, 0.15) is 0 Å². The Balaban J connectivity index is 1.10. The Labute approximate surface area is 390 Å². The quantitative estimate of drug-likeness (QED) is 0.0382. The molecule has 1 atom stereocenters. The molecule has 2 aliphatic rings. The van der Waals surface area contributed by atoms with Crippen LogP contribution in [-0.2, 0) is 24.6 Å². The van der Waals surface area contributed by atoms with Crippen LogP contribution >= 0.6 is 35.0 Å². The van der Waals surface area contributed by atoms with E-state index in [1.54, 1.807) is 12.1 Å². The third kappa shape index (κ3) is 13.9. The molecule has 346 valence electrons. The number of carbonyl (C=O) groups excluding carboxylic acids is 1. The predicted octanol–water partition coefficient (Wildman–Crippen LogP) is 9.37. The van der Waals surface area contributed by atoms with E-state index in [1.807, 2.05) is 47.2 Å². The minimum Gasteiger partial charge on any atom is -0.384 e. The van der Waals surface area contributed by atoms with E-state index in [0.717, 1.165) is 55.8 Å². The predicted molar refractivity (Wildman–Crippen MR) is 254 cm³/mol. The third-order valence-electron chi connectivity index (χ3n) is 11.2. The van der Waals surface area contributed by atoms with E-state index in [0.29, 0.717) is 68.3 Å². The van der Waals surface area contributed by atoms with Gasteiger partial charge in [-0.15, -0.1) is 11.8 Å². The number of amides is 1. The van der Waals surface area contributed by atoms with Crippen LogP contribution in [0.4, 0.5) is 20.2 Å². The van der Waals surface area contributed by atoms with Gasteiger partial charge in [0.15, 0.2) is 0 Å². The largest absolute Gasteiger partial charge is 0.427 e. The van der Waals surface area contributed by atoms with Crippen LogP contribution < -0.4 is 20.7 Å². The average Bonchev–Trinajstić information content (AvgIpc) is 3.54. The second kappa shape index (κ2) is 22.2. The number of hydrogen-bond donors (Lipinski definition) is 4. The van der Waals surface area contributed by atoms with Gasteiger partial charge in [-0.3, -0.25) is 4.79 Å². The molecule has 0 bridgehead atoms. The minimum atomic E-state index is -5.62. The molecule has 6 rings (SSSR count). The van der Waals surface area contributed by atoms with Crippen molar-refractivity contribution < 1.29 is 35.1 Å². The molecule has 0 aromatic heterocycles. The van der Waals surface area contributed by atoms with E-state index in [9.17, 15) is 30.4 Å². The average molecular weight is 979 g/mol. The van der Waals surface area contributed by atoms with E-state index < -0.39 is 46.3 Å². The lowest BCUT2D eigenvalue weighted by Crippen LogP contribution is -2.34. The fourth-order valence-corrected chi connectivity index (χ4v) is 11.1. The number of alkyl halides is 3. The summed E-state index contributed by atoms with van der Waals surface area (Å²) in [6.45, 7) is 9.89. The number of halogens is 4. The van der Waals surface area contributed by atoms with E-state index in [-0.39, 0.29) is 16.7 Å². The number of anilines is 2. The molecule has 4 aromatic rings. The SMILES string of the molecule is CC1(C)CCC(c2ccc(Cl)cc2)=C(CNCCNc2ccc(C(=O)NS(=O)(=O)c3ccc(N[C@H](CCN4CCCOCC4)CSc4ccccc4)c(S(=O)(=O)C(F)(F)Cl)c3)cc2)C1. The first-order chi connectivity index (χ1) is 30.4. The minimum absolute atomic E-state index is 0.00183. The summed E-state index contributed by atoms with van der Waals surface area (Å²) in [7, 11) is -10.4. The molecule has 1 aliphatic heterocycles. The third-order valence-corrected chi connectivity index (χ3v) is 16.1. The van der Waals surface area contributed by atoms with Crippen molar-refractivity contribution in [2.75, 3.05) is 68.9 Å². The Bertz CT molecular complexity index is 2450. The normalized spacial score (nSPS) is 16.8. The molecule has 1 fully saturated rings. The van der Waals surface area contributed by atoms with Crippen molar-refractivity contribution in [1.82, 2.24) is 14.9 Å². The zero-order valence-corrected chi connectivity index (χ0v) is 39.8. The van der Waals surface area contributed by atoms with Gasteiger partial charge in [-0.25, -0.2) is 21.6 Å². The molecule has 0 unspecified atom stereocenters. The number of nitrogens with one attached hydrogen (secondary N) is 4. The van der Waals surface area contributed by atoms with Crippen molar-refractivity contribution in [2.24, 2.45) is 5.41 Å². The number of carbonyl (C=O) groups is 1. The summed E-state index contributed by atoms with van der Waals surface area (Å²) in [6.07, 6.45) is 4.44. The number of rotatable bonds is 20. The molecular weight excluding hydrogens is 924 g/mol. The topological polar surface area (TPSA) is 146 Å². The van der Waals surface area contributed by atoms with Crippen molar-refractivity contribution in [3.05, 3.63) is 119 Å². The molecular formula is C46H55Cl2F2N5O6S3. The number of sulfonamides is 1. The monoisotopic (exact) mass is 977 g/mol. The Morgan fingerprint density at radius 1 is 0.938 bits per heavy atom. The first-order valence-electron chi connectivity index (χ1n) is 21.2. The van der Waals surface area contributed by atoms with Crippen molar-refractivity contribution in [2.45, 2.75) is 71.4 Å². The van der Waals surface area contributed by atoms with Crippen molar-refractivity contribution in [3.63, 3.8) is 0 Å².